The van der Waals surface area contributed by atoms with E-state index < -0.39 is 0 Å². The number of fused-ring (bicyclic) bond motifs is 2. The standard InChI is InChI=1S/C17H26N2O/c1-3-18-13-10-15-8-9-16(11-13)19(15)14-6-5-7-17(12-14)20-4-2/h5-7,12-13,15-16,18H,3-4,8-11H2,1-2H3. The number of ether oxygens (including phenoxy) is 1. The van der Waals surface area contributed by atoms with E-state index in [1.165, 1.54) is 31.4 Å². The third-order valence-electron chi connectivity index (χ3n) is 4.65. The van der Waals surface area contributed by atoms with Crippen LogP contribution in [0.5, 0.6) is 5.75 Å². The molecule has 2 heterocycles. The monoisotopic (exact) mass is 274 g/mol. The Labute approximate surface area is 122 Å². The molecule has 2 bridgehead atoms. The summed E-state index contributed by atoms with van der Waals surface area (Å²) in [4.78, 5) is 2.65. The molecule has 0 saturated carbocycles. The molecule has 0 spiro atoms. The molecule has 0 radical (unpaired) electrons. The van der Waals surface area contributed by atoms with Crippen LogP contribution in [-0.4, -0.2) is 31.3 Å². The third-order valence-corrected chi connectivity index (χ3v) is 4.65. The highest BCUT2D eigenvalue weighted by Crippen LogP contribution is 2.40. The van der Waals surface area contributed by atoms with Crippen LogP contribution in [0.1, 0.15) is 39.5 Å². The summed E-state index contributed by atoms with van der Waals surface area (Å²) in [5.74, 6) is 0.998. The van der Waals surface area contributed by atoms with E-state index in [1.54, 1.807) is 0 Å². The van der Waals surface area contributed by atoms with Gasteiger partial charge in [0, 0.05) is 29.9 Å². The average molecular weight is 274 g/mol. The zero-order valence-electron chi connectivity index (χ0n) is 12.6. The first-order chi connectivity index (χ1) is 9.81. The molecule has 0 aliphatic carbocycles. The van der Waals surface area contributed by atoms with Crippen molar-refractivity contribution >= 4 is 5.69 Å². The molecule has 2 aliphatic heterocycles. The van der Waals surface area contributed by atoms with Crippen LogP contribution in [0.4, 0.5) is 5.69 Å². The minimum Gasteiger partial charge on any atom is -0.494 e. The molecule has 1 aromatic rings. The van der Waals surface area contributed by atoms with Crippen LogP contribution in [0.3, 0.4) is 0 Å². The molecule has 3 rings (SSSR count). The second-order valence-corrected chi connectivity index (χ2v) is 5.95. The molecule has 2 saturated heterocycles. The zero-order chi connectivity index (χ0) is 13.9. The fourth-order valence-electron chi connectivity index (χ4n) is 3.95. The fraction of sp³-hybridized carbons (Fsp3) is 0.647. The number of nitrogens with one attached hydrogen (secondary N) is 1. The summed E-state index contributed by atoms with van der Waals surface area (Å²) in [5.41, 5.74) is 1.35. The van der Waals surface area contributed by atoms with E-state index in [9.17, 15) is 0 Å². The number of hydrogen-bond donors (Lipinski definition) is 1. The Morgan fingerprint density at radius 2 is 1.95 bits per heavy atom. The number of rotatable bonds is 5. The minimum absolute atomic E-state index is 0.703. The number of piperidine rings is 1. The van der Waals surface area contributed by atoms with Gasteiger partial charge in [-0.3, -0.25) is 0 Å². The van der Waals surface area contributed by atoms with Gasteiger partial charge in [0.15, 0.2) is 0 Å². The van der Waals surface area contributed by atoms with Crippen LogP contribution in [0, 0.1) is 0 Å². The van der Waals surface area contributed by atoms with Crippen molar-refractivity contribution in [1.82, 2.24) is 5.32 Å². The molecular formula is C17H26N2O. The quantitative estimate of drug-likeness (QED) is 0.892. The number of benzene rings is 1. The maximum atomic E-state index is 5.65. The van der Waals surface area contributed by atoms with Crippen molar-refractivity contribution in [3.8, 4) is 5.75 Å². The first-order valence-electron chi connectivity index (χ1n) is 8.06. The van der Waals surface area contributed by atoms with Gasteiger partial charge >= 0.3 is 0 Å². The van der Waals surface area contributed by atoms with Crippen molar-refractivity contribution in [2.45, 2.75) is 57.7 Å². The second-order valence-electron chi connectivity index (χ2n) is 5.95. The van der Waals surface area contributed by atoms with Gasteiger partial charge in [0.05, 0.1) is 6.61 Å². The average Bonchev–Trinajstić information content (AvgIpc) is 2.71. The van der Waals surface area contributed by atoms with Gasteiger partial charge in [0.2, 0.25) is 0 Å². The lowest BCUT2D eigenvalue weighted by Crippen LogP contribution is -2.49. The van der Waals surface area contributed by atoms with Gasteiger partial charge in [-0.2, -0.15) is 0 Å². The summed E-state index contributed by atoms with van der Waals surface area (Å²) in [6.45, 7) is 6.07. The molecule has 2 aliphatic rings. The lowest BCUT2D eigenvalue weighted by molar-refractivity contribution is 0.339. The maximum absolute atomic E-state index is 5.65. The lowest BCUT2D eigenvalue weighted by atomic mass is 9.96. The first-order valence-corrected chi connectivity index (χ1v) is 8.06. The van der Waals surface area contributed by atoms with Crippen LogP contribution in [0.15, 0.2) is 24.3 Å². The zero-order valence-corrected chi connectivity index (χ0v) is 12.6. The molecule has 110 valence electrons. The van der Waals surface area contributed by atoms with Gasteiger partial charge in [-0.05, 0) is 51.3 Å². The largest absolute Gasteiger partial charge is 0.494 e. The second kappa shape index (κ2) is 6.04. The van der Waals surface area contributed by atoms with E-state index in [2.05, 4.69) is 41.4 Å². The van der Waals surface area contributed by atoms with Gasteiger partial charge in [-0.1, -0.05) is 13.0 Å². The molecule has 0 aromatic heterocycles. The molecular weight excluding hydrogens is 248 g/mol. The third kappa shape index (κ3) is 2.64. The van der Waals surface area contributed by atoms with Gasteiger partial charge in [-0.25, -0.2) is 0 Å². The maximum Gasteiger partial charge on any atom is 0.121 e. The van der Waals surface area contributed by atoms with Crippen molar-refractivity contribution in [2.75, 3.05) is 18.1 Å². The normalized spacial score (nSPS) is 28.7. The van der Waals surface area contributed by atoms with Crippen molar-refractivity contribution < 1.29 is 4.74 Å². The Balaban J connectivity index is 1.76. The fourth-order valence-corrected chi connectivity index (χ4v) is 3.95. The van der Waals surface area contributed by atoms with Gasteiger partial charge in [-0.15, -0.1) is 0 Å². The van der Waals surface area contributed by atoms with Gasteiger partial charge in [0.1, 0.15) is 5.75 Å². The minimum atomic E-state index is 0.703. The summed E-state index contributed by atoms with van der Waals surface area (Å²) < 4.78 is 5.65. The molecule has 20 heavy (non-hydrogen) atoms. The van der Waals surface area contributed by atoms with Crippen LogP contribution in [-0.2, 0) is 0 Å². The molecule has 2 fully saturated rings. The Morgan fingerprint density at radius 1 is 1.20 bits per heavy atom. The molecule has 0 amide bonds. The Morgan fingerprint density at radius 3 is 2.60 bits per heavy atom. The lowest BCUT2D eigenvalue weighted by Gasteiger charge is -2.41. The van der Waals surface area contributed by atoms with E-state index in [1.807, 2.05) is 6.92 Å². The number of nitrogens with zero attached hydrogens (tertiary/aromatic N) is 1. The molecule has 3 nitrogen and oxygen atoms in total. The molecule has 3 heteroatoms. The van der Waals surface area contributed by atoms with E-state index in [-0.39, 0.29) is 0 Å². The first kappa shape index (κ1) is 13.7. The highest BCUT2D eigenvalue weighted by Gasteiger charge is 2.40. The topological polar surface area (TPSA) is 24.5 Å². The number of hydrogen-bond acceptors (Lipinski definition) is 3. The highest BCUT2D eigenvalue weighted by atomic mass is 16.5. The Kier molecular flexibility index (Phi) is 4.16. The summed E-state index contributed by atoms with van der Waals surface area (Å²) in [6, 6.07) is 10.7. The molecule has 1 aromatic carbocycles. The Bertz CT molecular complexity index is 434. The van der Waals surface area contributed by atoms with Crippen LogP contribution < -0.4 is 15.0 Å². The summed E-state index contributed by atoms with van der Waals surface area (Å²) in [6.07, 6.45) is 5.24. The highest BCUT2D eigenvalue weighted by molar-refractivity contribution is 5.54. The van der Waals surface area contributed by atoms with Crippen molar-refractivity contribution in [3.05, 3.63) is 24.3 Å². The van der Waals surface area contributed by atoms with Crippen molar-refractivity contribution in [3.63, 3.8) is 0 Å². The van der Waals surface area contributed by atoms with Gasteiger partial charge in [0.25, 0.3) is 0 Å². The predicted octanol–water partition coefficient (Wildman–Crippen LogP) is 3.19. The van der Waals surface area contributed by atoms with Crippen LogP contribution in [0.25, 0.3) is 0 Å². The molecule has 1 N–H and O–H groups in total. The van der Waals surface area contributed by atoms with Crippen molar-refractivity contribution in [2.24, 2.45) is 0 Å². The van der Waals surface area contributed by atoms with Crippen LogP contribution >= 0.6 is 0 Å². The Hall–Kier alpha value is -1.22. The van der Waals surface area contributed by atoms with Crippen LogP contribution in [0.2, 0.25) is 0 Å². The van der Waals surface area contributed by atoms with Gasteiger partial charge < -0.3 is 15.0 Å². The summed E-state index contributed by atoms with van der Waals surface area (Å²) in [7, 11) is 0. The summed E-state index contributed by atoms with van der Waals surface area (Å²) in [5, 5.41) is 3.64. The molecule has 2 atom stereocenters. The molecule has 2 unspecified atom stereocenters. The van der Waals surface area contributed by atoms with E-state index in [0.717, 1.165) is 18.9 Å². The number of anilines is 1. The predicted molar refractivity (Wildman–Crippen MR) is 83.6 cm³/mol. The smallest absolute Gasteiger partial charge is 0.121 e. The SMILES string of the molecule is CCNC1CC2CCC(C1)N2c1cccc(OCC)c1. The van der Waals surface area contributed by atoms with E-state index in [0.29, 0.717) is 18.1 Å². The van der Waals surface area contributed by atoms with E-state index >= 15 is 0 Å². The van der Waals surface area contributed by atoms with E-state index in [4.69, 9.17) is 4.74 Å². The summed E-state index contributed by atoms with van der Waals surface area (Å²) >= 11 is 0. The van der Waals surface area contributed by atoms with Crippen molar-refractivity contribution in [1.29, 1.82) is 0 Å².